The molecule has 9 nitrogen and oxygen atoms in total. The maximum atomic E-state index is 12.3. The Morgan fingerprint density at radius 2 is 1.77 bits per heavy atom. The van der Waals surface area contributed by atoms with Gasteiger partial charge in [-0.3, -0.25) is 10.1 Å². The van der Waals surface area contributed by atoms with Gasteiger partial charge in [-0.1, -0.05) is 41.4 Å². The number of guanidine groups is 1. The van der Waals surface area contributed by atoms with Crippen LogP contribution in [-0.4, -0.2) is 36.6 Å². The van der Waals surface area contributed by atoms with Crippen molar-refractivity contribution in [2.75, 3.05) is 19.0 Å². The van der Waals surface area contributed by atoms with E-state index in [4.69, 9.17) is 16.3 Å². The van der Waals surface area contributed by atoms with Gasteiger partial charge in [0.25, 0.3) is 0 Å². The number of esters is 1. The van der Waals surface area contributed by atoms with Crippen molar-refractivity contribution in [1.82, 2.24) is 15.6 Å². The fourth-order valence-corrected chi connectivity index (χ4v) is 2.90. The zero-order chi connectivity index (χ0) is 25.0. The molecule has 1 heterocycles. The summed E-state index contributed by atoms with van der Waals surface area (Å²) in [4.78, 5) is 32.2. The van der Waals surface area contributed by atoms with E-state index in [2.05, 4.69) is 30.7 Å². The molecule has 3 aromatic rings. The highest BCUT2D eigenvalue weighted by Gasteiger charge is 2.09. The minimum atomic E-state index is -0.502. The fourth-order valence-electron chi connectivity index (χ4n) is 2.79. The topological polar surface area (TPSA) is 114 Å². The van der Waals surface area contributed by atoms with E-state index in [-0.39, 0.29) is 18.9 Å². The van der Waals surface area contributed by atoms with Crippen molar-refractivity contribution in [1.29, 1.82) is 0 Å². The van der Waals surface area contributed by atoms with Gasteiger partial charge in [0.2, 0.25) is 11.8 Å². The predicted molar refractivity (Wildman–Crippen MR) is 135 cm³/mol. The van der Waals surface area contributed by atoms with Crippen molar-refractivity contribution in [3.63, 3.8) is 0 Å². The minimum Gasteiger partial charge on any atom is -0.469 e. The molecule has 2 aromatic carbocycles. The summed E-state index contributed by atoms with van der Waals surface area (Å²) < 4.78 is 10.3. The molecular weight excluding hydrogens is 470 g/mol. The molecule has 3 N–H and O–H groups in total. The molecule has 1 aromatic heterocycles. The number of aryl methyl sites for hydroxylation is 1. The number of rotatable bonds is 8. The van der Waals surface area contributed by atoms with Crippen LogP contribution in [0, 0.1) is 6.92 Å². The average Bonchev–Trinajstić information content (AvgIpc) is 2.86. The molecule has 0 saturated heterocycles. The molecule has 0 spiro atoms. The number of carbonyl (C=O) groups is 2. The molecule has 0 aliphatic heterocycles. The summed E-state index contributed by atoms with van der Waals surface area (Å²) in [6.07, 6.45) is 1.57. The first-order valence-electron chi connectivity index (χ1n) is 10.8. The normalized spacial score (nSPS) is 10.9. The van der Waals surface area contributed by atoms with Crippen LogP contribution in [0.1, 0.15) is 17.5 Å². The van der Waals surface area contributed by atoms with Crippen molar-refractivity contribution in [2.45, 2.75) is 19.9 Å². The highest BCUT2D eigenvalue weighted by molar-refractivity contribution is 6.30. The van der Waals surface area contributed by atoms with Crippen LogP contribution in [0.25, 0.3) is 0 Å². The van der Waals surface area contributed by atoms with Crippen LogP contribution in [-0.2, 0) is 16.1 Å². The lowest BCUT2D eigenvalue weighted by Crippen LogP contribution is -2.43. The van der Waals surface area contributed by atoms with Crippen LogP contribution >= 0.6 is 11.6 Å². The van der Waals surface area contributed by atoms with E-state index in [1.54, 1.807) is 36.4 Å². The van der Waals surface area contributed by atoms with Gasteiger partial charge in [0.1, 0.15) is 5.75 Å². The first kappa shape index (κ1) is 25.5. The molecule has 0 aliphatic carbocycles. The van der Waals surface area contributed by atoms with Gasteiger partial charge in [0.05, 0.1) is 25.1 Å². The molecule has 0 saturated carbocycles. The molecule has 0 fully saturated rings. The van der Waals surface area contributed by atoms with Gasteiger partial charge >= 0.3 is 12.0 Å². The average molecular weight is 496 g/mol. The molecule has 182 valence electrons. The number of nitrogens with zero attached hydrogens (tertiary/aromatic N) is 2. The Hall–Kier alpha value is -4.11. The predicted octanol–water partition coefficient (Wildman–Crippen LogP) is 4.67. The molecular formula is C25H26ClN5O4. The third-order valence-corrected chi connectivity index (χ3v) is 4.88. The van der Waals surface area contributed by atoms with E-state index >= 15 is 0 Å². The van der Waals surface area contributed by atoms with E-state index in [9.17, 15) is 9.59 Å². The summed E-state index contributed by atoms with van der Waals surface area (Å²) in [5, 5.41) is 8.91. The lowest BCUT2D eigenvalue weighted by Gasteiger charge is -2.13. The smallest absolute Gasteiger partial charge is 0.321 e. The molecule has 35 heavy (non-hydrogen) atoms. The van der Waals surface area contributed by atoms with Gasteiger partial charge in [-0.15, -0.1) is 0 Å². The van der Waals surface area contributed by atoms with Gasteiger partial charge in [-0.2, -0.15) is 0 Å². The van der Waals surface area contributed by atoms with Gasteiger partial charge in [-0.05, 0) is 42.8 Å². The highest BCUT2D eigenvalue weighted by atomic mass is 35.5. The first-order chi connectivity index (χ1) is 16.9. The second-order valence-corrected chi connectivity index (χ2v) is 7.86. The second kappa shape index (κ2) is 13.0. The SMILES string of the molecule is COC(=O)CCNC(=O)NC(=NCc1ccc(C)cc1)Nc1ccc(Oc2ccc(Cl)cn2)cc1. The Morgan fingerprint density at radius 1 is 1.03 bits per heavy atom. The van der Waals surface area contributed by atoms with E-state index in [1.165, 1.54) is 13.3 Å². The number of methoxy groups -OCH3 is 1. The van der Waals surface area contributed by atoms with Gasteiger partial charge < -0.3 is 20.1 Å². The van der Waals surface area contributed by atoms with Crippen LogP contribution < -0.4 is 20.7 Å². The number of amides is 2. The largest absolute Gasteiger partial charge is 0.469 e. The van der Waals surface area contributed by atoms with E-state index in [1.807, 2.05) is 31.2 Å². The Balaban J connectivity index is 1.65. The van der Waals surface area contributed by atoms with Gasteiger partial charge in [-0.25, -0.2) is 14.8 Å². The fraction of sp³-hybridized carbons (Fsp3) is 0.200. The van der Waals surface area contributed by atoms with Gasteiger partial charge in [0.15, 0.2) is 0 Å². The van der Waals surface area contributed by atoms with Crippen molar-refractivity contribution in [2.24, 2.45) is 4.99 Å². The summed E-state index contributed by atoms with van der Waals surface area (Å²) in [5.41, 5.74) is 2.82. The first-order valence-corrected chi connectivity index (χ1v) is 11.2. The lowest BCUT2D eigenvalue weighted by molar-refractivity contribution is -0.140. The summed E-state index contributed by atoms with van der Waals surface area (Å²) in [7, 11) is 1.30. The van der Waals surface area contributed by atoms with Crippen molar-refractivity contribution in [3.8, 4) is 11.6 Å². The summed E-state index contributed by atoms with van der Waals surface area (Å²) in [6.45, 7) is 2.50. The molecule has 0 radical (unpaired) electrons. The number of aromatic nitrogens is 1. The van der Waals surface area contributed by atoms with Crippen LogP contribution in [0.15, 0.2) is 71.9 Å². The Labute approximate surface area is 208 Å². The number of aliphatic imine (C=N–C) groups is 1. The number of nitrogens with one attached hydrogen (secondary N) is 3. The maximum absolute atomic E-state index is 12.3. The summed E-state index contributed by atoms with van der Waals surface area (Å²) in [6, 6.07) is 17.9. The third-order valence-electron chi connectivity index (χ3n) is 4.65. The Kier molecular flexibility index (Phi) is 9.44. The van der Waals surface area contributed by atoms with Crippen molar-refractivity contribution >= 4 is 35.2 Å². The number of benzene rings is 2. The Morgan fingerprint density at radius 3 is 2.43 bits per heavy atom. The number of ether oxygens (including phenoxy) is 2. The Bertz CT molecular complexity index is 1150. The molecule has 0 unspecified atom stereocenters. The number of urea groups is 1. The van der Waals surface area contributed by atoms with E-state index < -0.39 is 12.0 Å². The van der Waals surface area contributed by atoms with Gasteiger partial charge in [0, 0.05) is 24.5 Å². The number of halogens is 1. The standard InChI is InChI=1S/C25H26ClN5O4/c1-17-3-5-18(6-4-17)15-29-24(31-25(33)27-14-13-23(32)34-2)30-20-8-10-21(11-9-20)35-22-12-7-19(26)16-28-22/h3-12,16H,13-15H2,1-2H3,(H3,27,29,30,31,33). The van der Waals surface area contributed by atoms with Crippen LogP contribution in [0.2, 0.25) is 5.02 Å². The van der Waals surface area contributed by atoms with E-state index in [0.29, 0.717) is 28.9 Å². The minimum absolute atomic E-state index is 0.0666. The number of hydrogen-bond acceptors (Lipinski definition) is 6. The monoisotopic (exact) mass is 495 g/mol. The second-order valence-electron chi connectivity index (χ2n) is 7.42. The lowest BCUT2D eigenvalue weighted by atomic mass is 10.1. The molecule has 0 aliphatic rings. The quantitative estimate of drug-likeness (QED) is 0.238. The number of anilines is 1. The van der Waals surface area contributed by atoms with Crippen LogP contribution in [0.3, 0.4) is 0 Å². The van der Waals surface area contributed by atoms with Crippen LogP contribution in [0.4, 0.5) is 10.5 Å². The molecule has 10 heteroatoms. The number of pyridine rings is 1. The van der Waals surface area contributed by atoms with E-state index in [0.717, 1.165) is 11.1 Å². The third kappa shape index (κ3) is 8.98. The number of carbonyl (C=O) groups excluding carboxylic acids is 2. The molecule has 0 atom stereocenters. The summed E-state index contributed by atoms with van der Waals surface area (Å²) in [5.74, 6) is 0.833. The zero-order valence-corrected chi connectivity index (χ0v) is 20.1. The molecule has 2 amide bonds. The van der Waals surface area contributed by atoms with Crippen molar-refractivity contribution < 1.29 is 19.1 Å². The maximum Gasteiger partial charge on any atom is 0.321 e. The molecule has 0 bridgehead atoms. The van der Waals surface area contributed by atoms with Crippen molar-refractivity contribution in [3.05, 3.63) is 83.0 Å². The summed E-state index contributed by atoms with van der Waals surface area (Å²) >= 11 is 5.85. The molecule has 3 rings (SSSR count). The zero-order valence-electron chi connectivity index (χ0n) is 19.4. The number of hydrogen-bond donors (Lipinski definition) is 3. The highest BCUT2D eigenvalue weighted by Crippen LogP contribution is 2.22. The van der Waals surface area contributed by atoms with Crippen LogP contribution in [0.5, 0.6) is 11.6 Å².